The Kier molecular flexibility index (Phi) is 3.27. The topological polar surface area (TPSA) is 90.9 Å². The molecule has 2 aromatic heterocycles. The second-order valence-electron chi connectivity index (χ2n) is 4.98. The summed E-state index contributed by atoms with van der Waals surface area (Å²) in [6.45, 7) is 0.736. The zero-order valence-corrected chi connectivity index (χ0v) is 12.7. The molecule has 9 heteroatoms. The Hall–Kier alpha value is -2.81. The van der Waals surface area contributed by atoms with Crippen molar-refractivity contribution in [2.24, 2.45) is 0 Å². The van der Waals surface area contributed by atoms with E-state index in [9.17, 15) is 10.1 Å². The number of fused-ring (bicyclic) bond motifs is 2. The minimum atomic E-state index is -0.442. The molecule has 1 aliphatic rings. The van der Waals surface area contributed by atoms with Crippen molar-refractivity contribution in [1.29, 1.82) is 0 Å². The Morgan fingerprint density at radius 3 is 3.09 bits per heavy atom. The quantitative estimate of drug-likeness (QED) is 0.583. The number of rotatable bonds is 4. The first-order valence-electron chi connectivity index (χ1n) is 6.94. The van der Waals surface area contributed by atoms with Gasteiger partial charge in [0.05, 0.1) is 6.54 Å². The lowest BCUT2D eigenvalue weighted by Gasteiger charge is -2.26. The first kappa shape index (κ1) is 13.8. The van der Waals surface area contributed by atoms with E-state index in [0.29, 0.717) is 29.6 Å². The van der Waals surface area contributed by atoms with Gasteiger partial charge in [0.15, 0.2) is 11.5 Å². The molecule has 4 rings (SSSR count). The van der Waals surface area contributed by atoms with Gasteiger partial charge in [-0.3, -0.25) is 0 Å². The third-order valence-electron chi connectivity index (χ3n) is 3.47. The molecule has 0 saturated carbocycles. The first-order valence-corrected chi connectivity index (χ1v) is 7.82. The molecule has 0 spiro atoms. The fraction of sp³-hybridized carbons (Fsp3) is 0.214. The average molecular weight is 332 g/mol. The van der Waals surface area contributed by atoms with E-state index in [-0.39, 0.29) is 17.7 Å². The van der Waals surface area contributed by atoms with Crippen LogP contribution in [0.2, 0.25) is 0 Å². The summed E-state index contributed by atoms with van der Waals surface area (Å²) in [6.07, 6.45) is 1.39. The number of para-hydroxylation sites is 2. The van der Waals surface area contributed by atoms with Gasteiger partial charge >= 0.3 is 5.82 Å². The summed E-state index contributed by atoms with van der Waals surface area (Å²) in [7, 11) is 0. The highest BCUT2D eigenvalue weighted by Gasteiger charge is 2.26. The Morgan fingerprint density at radius 2 is 2.26 bits per heavy atom. The molecular formula is C14H12N4O4S. The number of aromatic nitrogens is 2. The van der Waals surface area contributed by atoms with Crippen molar-refractivity contribution in [3.05, 3.63) is 46.0 Å². The van der Waals surface area contributed by atoms with Crippen LogP contribution in [0.4, 0.5) is 11.6 Å². The molecule has 0 aliphatic carbocycles. The van der Waals surface area contributed by atoms with Gasteiger partial charge in [-0.2, -0.15) is 9.38 Å². The molecule has 1 atom stereocenters. The van der Waals surface area contributed by atoms with Crippen LogP contribution in [0.5, 0.6) is 11.5 Å². The lowest BCUT2D eigenvalue weighted by Crippen LogP contribution is -2.35. The second-order valence-corrected chi connectivity index (χ2v) is 5.85. The van der Waals surface area contributed by atoms with Crippen LogP contribution in [-0.2, 0) is 0 Å². The molecule has 0 fully saturated rings. The molecule has 3 heterocycles. The van der Waals surface area contributed by atoms with Gasteiger partial charge in [0.1, 0.15) is 18.9 Å². The molecule has 23 heavy (non-hydrogen) atoms. The summed E-state index contributed by atoms with van der Waals surface area (Å²) >= 11 is 1.34. The summed E-state index contributed by atoms with van der Waals surface area (Å²) < 4.78 is 12.9. The fourth-order valence-corrected chi connectivity index (χ4v) is 3.15. The average Bonchev–Trinajstić information content (AvgIpc) is 3.12. The number of thiazole rings is 1. The van der Waals surface area contributed by atoms with Crippen LogP contribution in [0.25, 0.3) is 4.96 Å². The Bertz CT molecular complexity index is 875. The summed E-state index contributed by atoms with van der Waals surface area (Å²) in [5, 5.41) is 16.0. The largest absolute Gasteiger partial charge is 0.486 e. The predicted octanol–water partition coefficient (Wildman–Crippen LogP) is 2.56. The van der Waals surface area contributed by atoms with E-state index in [0.717, 1.165) is 0 Å². The van der Waals surface area contributed by atoms with E-state index < -0.39 is 4.92 Å². The number of nitrogens with zero attached hydrogens (tertiary/aromatic N) is 3. The van der Waals surface area contributed by atoms with E-state index in [4.69, 9.17) is 9.47 Å². The Labute approximate surface area is 134 Å². The second kappa shape index (κ2) is 5.43. The number of hydrogen-bond donors (Lipinski definition) is 1. The van der Waals surface area contributed by atoms with Crippen LogP contribution in [0.1, 0.15) is 0 Å². The van der Waals surface area contributed by atoms with E-state index >= 15 is 0 Å². The number of hydrogen-bond acceptors (Lipinski definition) is 7. The highest BCUT2D eigenvalue weighted by molar-refractivity contribution is 7.15. The molecule has 3 aromatic rings. The maximum absolute atomic E-state index is 11.3. The number of nitrogens with one attached hydrogen (secondary N) is 1. The number of ether oxygens (including phenoxy) is 2. The van der Waals surface area contributed by atoms with Gasteiger partial charge in [0.25, 0.3) is 4.96 Å². The smallest absolute Gasteiger partial charge is 0.372 e. The lowest BCUT2D eigenvalue weighted by atomic mass is 10.2. The number of anilines is 1. The van der Waals surface area contributed by atoms with Crippen molar-refractivity contribution in [2.45, 2.75) is 6.10 Å². The third kappa shape index (κ3) is 2.44. The standard InChI is InChI=1S/C14H12N4O4S/c19-18(20)13-12(16-14-17(13)5-6-23-14)15-7-9-8-21-10-3-1-2-4-11(10)22-9/h1-6,9,15H,7-8H2. The molecule has 0 amide bonds. The van der Waals surface area contributed by atoms with Crippen LogP contribution < -0.4 is 14.8 Å². The monoisotopic (exact) mass is 332 g/mol. The van der Waals surface area contributed by atoms with Gasteiger partial charge < -0.3 is 24.9 Å². The fourth-order valence-electron chi connectivity index (χ4n) is 2.44. The van der Waals surface area contributed by atoms with E-state index in [1.807, 2.05) is 24.3 Å². The summed E-state index contributed by atoms with van der Waals surface area (Å²) in [5.74, 6) is 1.55. The molecule has 1 aromatic carbocycles. The SMILES string of the molecule is O=[N+]([O-])c1c(NCC2COc3ccccc3O2)nc2sccn12. The van der Waals surface area contributed by atoms with E-state index in [1.54, 1.807) is 11.6 Å². The molecule has 1 unspecified atom stereocenters. The normalized spacial score (nSPS) is 16.4. The number of imidazole rings is 1. The van der Waals surface area contributed by atoms with Gasteiger partial charge in [-0.05, 0) is 17.1 Å². The molecule has 1 N–H and O–H groups in total. The number of nitro groups is 1. The lowest BCUT2D eigenvalue weighted by molar-refractivity contribution is -0.389. The molecule has 0 bridgehead atoms. The van der Waals surface area contributed by atoms with E-state index in [2.05, 4.69) is 10.3 Å². The number of benzene rings is 1. The van der Waals surface area contributed by atoms with E-state index in [1.165, 1.54) is 15.7 Å². The van der Waals surface area contributed by atoms with Crippen molar-refractivity contribution >= 4 is 27.9 Å². The minimum Gasteiger partial charge on any atom is -0.486 e. The molecule has 1 aliphatic heterocycles. The van der Waals surface area contributed by atoms with Crippen LogP contribution >= 0.6 is 11.3 Å². The van der Waals surface area contributed by atoms with Crippen molar-refractivity contribution < 1.29 is 14.4 Å². The molecule has 8 nitrogen and oxygen atoms in total. The Morgan fingerprint density at radius 1 is 1.43 bits per heavy atom. The maximum atomic E-state index is 11.3. The third-order valence-corrected chi connectivity index (χ3v) is 4.23. The highest BCUT2D eigenvalue weighted by Crippen LogP contribution is 2.32. The van der Waals surface area contributed by atoms with Gasteiger partial charge in [0, 0.05) is 5.38 Å². The zero-order valence-electron chi connectivity index (χ0n) is 11.8. The molecule has 0 radical (unpaired) electrons. The Balaban J connectivity index is 1.51. The summed E-state index contributed by atoms with van der Waals surface area (Å²) in [6, 6.07) is 7.41. The maximum Gasteiger partial charge on any atom is 0.372 e. The summed E-state index contributed by atoms with van der Waals surface area (Å²) in [4.78, 5) is 15.7. The minimum absolute atomic E-state index is 0.0709. The van der Waals surface area contributed by atoms with Crippen molar-refractivity contribution in [2.75, 3.05) is 18.5 Å². The van der Waals surface area contributed by atoms with Gasteiger partial charge in [-0.15, -0.1) is 0 Å². The predicted molar refractivity (Wildman–Crippen MR) is 84.6 cm³/mol. The molecular weight excluding hydrogens is 320 g/mol. The zero-order chi connectivity index (χ0) is 15.8. The van der Waals surface area contributed by atoms with Gasteiger partial charge in [-0.25, -0.2) is 0 Å². The van der Waals surface area contributed by atoms with Gasteiger partial charge in [-0.1, -0.05) is 23.5 Å². The van der Waals surface area contributed by atoms with Crippen molar-refractivity contribution in [3.63, 3.8) is 0 Å². The summed E-state index contributed by atoms with van der Waals surface area (Å²) in [5.41, 5.74) is 0. The van der Waals surface area contributed by atoms with Crippen LogP contribution in [-0.4, -0.2) is 33.6 Å². The molecule has 118 valence electrons. The highest BCUT2D eigenvalue weighted by atomic mass is 32.1. The van der Waals surface area contributed by atoms with Gasteiger partial charge in [0.2, 0.25) is 5.82 Å². The molecule has 0 saturated heterocycles. The van der Waals surface area contributed by atoms with Crippen LogP contribution in [0, 0.1) is 10.1 Å². The van der Waals surface area contributed by atoms with Crippen LogP contribution in [0.3, 0.4) is 0 Å². The van der Waals surface area contributed by atoms with Crippen molar-refractivity contribution in [3.8, 4) is 11.5 Å². The van der Waals surface area contributed by atoms with Crippen LogP contribution in [0.15, 0.2) is 35.8 Å². The van der Waals surface area contributed by atoms with Crippen molar-refractivity contribution in [1.82, 2.24) is 9.38 Å². The first-order chi connectivity index (χ1) is 11.2.